The summed E-state index contributed by atoms with van der Waals surface area (Å²) < 4.78 is 0.682. The summed E-state index contributed by atoms with van der Waals surface area (Å²) in [7, 11) is 1.90. The first-order valence-electron chi connectivity index (χ1n) is 10.7. The molecule has 5 rings (SSSR count). The second-order valence-corrected chi connectivity index (χ2v) is 10.7. The number of hydrogen-bond acceptors (Lipinski definition) is 8. The number of fused-ring (bicyclic) bond motifs is 1. The second-order valence-electron chi connectivity index (χ2n) is 9.00. The number of carbonyl (C=O) groups excluding carboxylic acids is 2. The maximum atomic E-state index is 13.7. The summed E-state index contributed by atoms with van der Waals surface area (Å²) in [6.45, 7) is 4.04. The predicted molar refractivity (Wildman–Crippen MR) is 131 cm³/mol. The number of likely N-dealkylation sites (N-methyl/N-ethyl adjacent to an activating group) is 1. The molecule has 3 aliphatic rings. The van der Waals surface area contributed by atoms with Crippen molar-refractivity contribution >= 4 is 51.5 Å². The molecule has 0 radical (unpaired) electrons. The molecule has 0 aliphatic carbocycles. The summed E-state index contributed by atoms with van der Waals surface area (Å²) in [5, 5.41) is 12.6. The van der Waals surface area contributed by atoms with Crippen molar-refractivity contribution in [3.8, 4) is 0 Å². The molecule has 0 spiro atoms. The van der Waals surface area contributed by atoms with Gasteiger partial charge in [0.1, 0.15) is 9.69 Å². The molecule has 3 saturated heterocycles. The third-order valence-electron chi connectivity index (χ3n) is 6.79. The molecule has 3 aliphatic heterocycles. The van der Waals surface area contributed by atoms with Gasteiger partial charge in [-0.3, -0.25) is 24.5 Å². The number of thiocarbonyl (C=S) groups is 1. The normalized spacial score (nSPS) is 28.6. The van der Waals surface area contributed by atoms with Crippen LogP contribution in [0.2, 0.25) is 0 Å². The highest BCUT2D eigenvalue weighted by atomic mass is 32.2. The Kier molecular flexibility index (Phi) is 5.47. The number of anilines is 1. The molecule has 0 bridgehead atoms. The van der Waals surface area contributed by atoms with Gasteiger partial charge in [-0.25, -0.2) is 4.90 Å². The van der Waals surface area contributed by atoms with Crippen LogP contribution in [0.3, 0.4) is 0 Å². The van der Waals surface area contributed by atoms with Crippen LogP contribution in [0, 0.1) is 16.0 Å². The Morgan fingerprint density at radius 2 is 1.71 bits per heavy atom. The molecule has 2 aromatic rings. The largest absolute Gasteiger partial charge is 0.353 e. The molecule has 2 amide bonds. The lowest BCUT2D eigenvalue weighted by molar-refractivity contribution is -0.384. The molecular formula is C23H22N4O5S2. The molecule has 0 N–H and O–H groups in total. The van der Waals surface area contributed by atoms with Gasteiger partial charge in [0.2, 0.25) is 5.91 Å². The van der Waals surface area contributed by atoms with Crippen LogP contribution in [0.15, 0.2) is 54.6 Å². The van der Waals surface area contributed by atoms with Gasteiger partial charge in [-0.15, -0.1) is 0 Å². The van der Waals surface area contributed by atoms with E-state index in [-0.39, 0.29) is 17.0 Å². The lowest BCUT2D eigenvalue weighted by Gasteiger charge is -2.39. The molecule has 0 saturated carbocycles. The number of carbonyl (C=O) groups is 2. The molecule has 34 heavy (non-hydrogen) atoms. The van der Waals surface area contributed by atoms with E-state index >= 15 is 0 Å². The first kappa shape index (κ1) is 22.9. The standard InChI is InChI=1S/C23H22N4O5S2/c1-23(2)21(34-22(33)24(23)3)26-17(13-9-11-15(12-10-13)27(30)31)16-18(32-26)20(29)25(19(16)28)14-7-5-4-6-8-14/h4-12,16-18,21H,1-3H3/t16-,17-,18-,21-/m0/s1. The van der Waals surface area contributed by atoms with Gasteiger partial charge in [0.05, 0.1) is 28.1 Å². The van der Waals surface area contributed by atoms with Crippen molar-refractivity contribution in [1.29, 1.82) is 0 Å². The lowest BCUT2D eigenvalue weighted by atomic mass is 9.90. The van der Waals surface area contributed by atoms with Crippen molar-refractivity contribution in [2.75, 3.05) is 11.9 Å². The van der Waals surface area contributed by atoms with Gasteiger partial charge in [-0.05, 0) is 31.5 Å². The van der Waals surface area contributed by atoms with Gasteiger partial charge >= 0.3 is 0 Å². The van der Waals surface area contributed by atoms with E-state index in [1.807, 2.05) is 31.9 Å². The monoisotopic (exact) mass is 498 g/mol. The minimum absolute atomic E-state index is 0.0537. The maximum Gasteiger partial charge on any atom is 0.269 e. The Hall–Kier alpha value is -2.86. The van der Waals surface area contributed by atoms with Gasteiger partial charge < -0.3 is 4.90 Å². The predicted octanol–water partition coefficient (Wildman–Crippen LogP) is 3.51. The van der Waals surface area contributed by atoms with Crippen LogP contribution in [0.5, 0.6) is 0 Å². The number of nitrogens with zero attached hydrogens (tertiary/aromatic N) is 4. The van der Waals surface area contributed by atoms with Gasteiger partial charge in [0.25, 0.3) is 11.6 Å². The highest BCUT2D eigenvalue weighted by Gasteiger charge is 2.63. The van der Waals surface area contributed by atoms with E-state index < -0.39 is 34.4 Å². The first-order valence-corrected chi connectivity index (χ1v) is 12.0. The number of benzene rings is 2. The number of imide groups is 1. The van der Waals surface area contributed by atoms with Gasteiger partial charge in [0.15, 0.2) is 6.10 Å². The van der Waals surface area contributed by atoms with Gasteiger partial charge in [-0.2, -0.15) is 5.06 Å². The zero-order valence-corrected chi connectivity index (χ0v) is 20.3. The third-order valence-corrected chi connectivity index (χ3v) is 8.84. The zero-order valence-electron chi connectivity index (χ0n) is 18.7. The smallest absolute Gasteiger partial charge is 0.269 e. The molecule has 11 heteroatoms. The molecule has 0 aromatic heterocycles. The van der Waals surface area contributed by atoms with Gasteiger partial charge in [0, 0.05) is 19.2 Å². The van der Waals surface area contributed by atoms with E-state index in [2.05, 4.69) is 0 Å². The van der Waals surface area contributed by atoms with Crippen molar-refractivity contribution < 1.29 is 19.3 Å². The molecule has 176 valence electrons. The summed E-state index contributed by atoms with van der Waals surface area (Å²) in [6, 6.07) is 14.2. The second kappa shape index (κ2) is 8.12. The molecule has 2 aromatic carbocycles. The summed E-state index contributed by atoms with van der Waals surface area (Å²) in [4.78, 5) is 47.2. The number of hydroxylamine groups is 2. The highest BCUT2D eigenvalue weighted by Crippen LogP contribution is 2.52. The number of nitro groups is 1. The average molecular weight is 499 g/mol. The molecule has 9 nitrogen and oxygen atoms in total. The summed E-state index contributed by atoms with van der Waals surface area (Å²) in [5.41, 5.74) is 0.638. The maximum absolute atomic E-state index is 13.7. The Morgan fingerprint density at radius 1 is 1.06 bits per heavy atom. The fraction of sp³-hybridized carbons (Fsp3) is 0.348. The molecular weight excluding hydrogens is 476 g/mol. The van der Waals surface area contributed by atoms with Crippen molar-refractivity contribution in [3.05, 3.63) is 70.3 Å². The number of hydrogen-bond donors (Lipinski definition) is 0. The van der Waals surface area contributed by atoms with Crippen LogP contribution in [0.25, 0.3) is 0 Å². The van der Waals surface area contributed by atoms with Crippen molar-refractivity contribution in [2.24, 2.45) is 5.92 Å². The number of nitro benzene ring substituents is 1. The van der Waals surface area contributed by atoms with E-state index in [4.69, 9.17) is 17.1 Å². The lowest BCUT2D eigenvalue weighted by Crippen LogP contribution is -2.51. The van der Waals surface area contributed by atoms with Crippen LogP contribution in [-0.2, 0) is 14.4 Å². The molecule has 0 unspecified atom stereocenters. The Bertz CT molecular complexity index is 1190. The SMILES string of the molecule is CN1C(=S)S[C@H](N2O[C@@H]3C(=O)N(c4ccccc4)C(=O)[C@H]3[C@@H]2c2ccc([N+](=O)[O-])cc2)C1(C)C. The molecule has 3 fully saturated rings. The van der Waals surface area contributed by atoms with Crippen LogP contribution in [0.1, 0.15) is 25.5 Å². The molecule has 4 atom stereocenters. The van der Waals surface area contributed by atoms with Crippen molar-refractivity contribution in [1.82, 2.24) is 9.96 Å². The highest BCUT2D eigenvalue weighted by molar-refractivity contribution is 8.23. The van der Waals surface area contributed by atoms with Crippen LogP contribution < -0.4 is 4.90 Å². The van der Waals surface area contributed by atoms with Gasteiger partial charge in [-0.1, -0.05) is 54.3 Å². The topological polar surface area (TPSA) is 96.2 Å². The Balaban J connectivity index is 1.58. The number of rotatable bonds is 4. The van der Waals surface area contributed by atoms with E-state index in [1.165, 1.54) is 28.8 Å². The Labute approximate surface area is 205 Å². The fourth-order valence-corrected chi connectivity index (χ4v) is 6.52. The minimum atomic E-state index is -0.997. The Morgan fingerprint density at radius 3 is 2.26 bits per heavy atom. The van der Waals surface area contributed by atoms with Crippen molar-refractivity contribution in [3.63, 3.8) is 0 Å². The van der Waals surface area contributed by atoms with E-state index in [9.17, 15) is 19.7 Å². The molecule has 3 heterocycles. The number of para-hydroxylation sites is 1. The number of non-ortho nitro benzene ring substituents is 1. The summed E-state index contributed by atoms with van der Waals surface area (Å²) in [5.74, 6) is -1.58. The van der Waals surface area contributed by atoms with Crippen LogP contribution in [0.4, 0.5) is 11.4 Å². The quantitative estimate of drug-likeness (QED) is 0.272. The minimum Gasteiger partial charge on any atom is -0.353 e. The fourth-order valence-electron chi connectivity index (χ4n) is 4.70. The van der Waals surface area contributed by atoms with E-state index in [0.717, 1.165) is 0 Å². The zero-order chi connectivity index (χ0) is 24.4. The summed E-state index contributed by atoms with van der Waals surface area (Å²) in [6.07, 6.45) is -0.997. The number of amides is 2. The van der Waals surface area contributed by atoms with Crippen molar-refractivity contribution in [2.45, 2.75) is 36.9 Å². The van der Waals surface area contributed by atoms with E-state index in [1.54, 1.807) is 41.5 Å². The van der Waals surface area contributed by atoms with Crippen LogP contribution in [-0.4, -0.2) is 55.1 Å². The first-order chi connectivity index (χ1) is 16.1. The average Bonchev–Trinajstić information content (AvgIpc) is 3.39. The van der Waals surface area contributed by atoms with E-state index in [0.29, 0.717) is 15.6 Å². The number of thioether (sulfide) groups is 1. The summed E-state index contributed by atoms with van der Waals surface area (Å²) >= 11 is 6.96. The third kappa shape index (κ3) is 3.34. The van der Waals surface area contributed by atoms with Crippen LogP contribution >= 0.6 is 24.0 Å².